The quantitative estimate of drug-likeness (QED) is 0.513. The molecular weight excluding hydrogens is 458 g/mol. The number of rotatable bonds is 8. The smallest absolute Gasteiger partial charge is 0.406 e. The van der Waals surface area contributed by atoms with Crippen LogP contribution in [0.15, 0.2) is 60.8 Å². The minimum Gasteiger partial charge on any atom is -0.449 e. The molecule has 0 saturated carbocycles. The molecule has 0 saturated heterocycles. The summed E-state index contributed by atoms with van der Waals surface area (Å²) in [4.78, 5) is 37.3. The van der Waals surface area contributed by atoms with Gasteiger partial charge in [0.15, 0.2) is 0 Å². The highest BCUT2D eigenvalue weighted by molar-refractivity contribution is 6.09. The van der Waals surface area contributed by atoms with Gasteiger partial charge in [0.05, 0.1) is 19.3 Å². The maximum atomic E-state index is 13.4. The molecule has 2 aromatic carbocycles. The summed E-state index contributed by atoms with van der Waals surface area (Å²) in [6, 6.07) is 17.6. The maximum Gasteiger partial charge on any atom is 0.406 e. The van der Waals surface area contributed by atoms with Gasteiger partial charge < -0.3 is 24.6 Å². The first-order chi connectivity index (χ1) is 17.5. The van der Waals surface area contributed by atoms with E-state index in [1.165, 1.54) is 7.05 Å². The molecule has 2 amide bonds. The number of anilines is 2. The molecule has 0 fully saturated rings. The van der Waals surface area contributed by atoms with E-state index in [4.69, 9.17) is 9.47 Å². The van der Waals surface area contributed by atoms with Crippen LogP contribution >= 0.6 is 0 Å². The number of nitrogens with zero attached hydrogens (tertiary/aromatic N) is 4. The zero-order valence-corrected chi connectivity index (χ0v) is 20.8. The van der Waals surface area contributed by atoms with Gasteiger partial charge in [-0.2, -0.15) is 0 Å². The second-order valence-corrected chi connectivity index (χ2v) is 8.59. The van der Waals surface area contributed by atoms with Crippen molar-refractivity contribution in [3.63, 3.8) is 0 Å². The van der Waals surface area contributed by atoms with Crippen LogP contribution in [0.5, 0.6) is 0 Å². The molecule has 1 aromatic heterocycles. The van der Waals surface area contributed by atoms with Gasteiger partial charge >= 0.3 is 6.09 Å². The van der Waals surface area contributed by atoms with Crippen LogP contribution in [-0.4, -0.2) is 55.8 Å². The van der Waals surface area contributed by atoms with Crippen LogP contribution in [0.3, 0.4) is 0 Å². The number of alkyl carbamates (subject to hydrolysis) is 1. The van der Waals surface area contributed by atoms with Crippen LogP contribution in [0, 0.1) is 6.92 Å². The molecule has 1 aliphatic rings. The van der Waals surface area contributed by atoms with Gasteiger partial charge in [-0.25, -0.2) is 14.8 Å². The van der Waals surface area contributed by atoms with Crippen molar-refractivity contribution in [1.29, 1.82) is 0 Å². The second-order valence-electron chi connectivity index (χ2n) is 8.59. The number of amides is 2. The molecule has 3 aromatic rings. The summed E-state index contributed by atoms with van der Waals surface area (Å²) >= 11 is 0. The summed E-state index contributed by atoms with van der Waals surface area (Å²) in [5.41, 5.74) is 3.22. The number of aromatic nitrogens is 2. The van der Waals surface area contributed by atoms with Crippen LogP contribution in [0.2, 0.25) is 0 Å². The number of nitrogens with one attached hydrogen (secondary N) is 1. The van der Waals surface area contributed by atoms with Crippen molar-refractivity contribution in [2.75, 3.05) is 43.6 Å². The molecular formula is C27H31N5O4. The molecule has 188 valence electrons. The molecule has 36 heavy (non-hydrogen) atoms. The van der Waals surface area contributed by atoms with Gasteiger partial charge in [-0.3, -0.25) is 4.79 Å². The van der Waals surface area contributed by atoms with Crippen LogP contribution in [-0.2, 0) is 16.1 Å². The standard InChI is InChI=1S/C27H31N5O4/c1-19-29-17-23-25(30-19)31(3)13-14-32(26(23)33)22-11-7-8-20(16-22)18-36-24(12-15-35-27(34)28-2)21-9-5-4-6-10-21/h4-11,16-17,24H,12-15,18H2,1-3H3,(H,28,34). The van der Waals surface area contributed by atoms with E-state index in [1.54, 1.807) is 11.1 Å². The Bertz CT molecular complexity index is 1200. The highest BCUT2D eigenvalue weighted by Gasteiger charge is 2.27. The Morgan fingerprint density at radius 2 is 1.94 bits per heavy atom. The number of likely N-dealkylation sites (N-methyl/N-ethyl adjacent to an activating group) is 1. The van der Waals surface area contributed by atoms with E-state index < -0.39 is 6.09 Å². The van der Waals surface area contributed by atoms with Crippen molar-refractivity contribution in [1.82, 2.24) is 15.3 Å². The number of hydrogen-bond donors (Lipinski definition) is 1. The predicted octanol–water partition coefficient (Wildman–Crippen LogP) is 3.89. The lowest BCUT2D eigenvalue weighted by Gasteiger charge is -2.22. The number of carbonyl (C=O) groups excluding carboxylic acids is 2. The van der Waals surface area contributed by atoms with Gasteiger partial charge in [0, 0.05) is 45.5 Å². The number of hydrogen-bond acceptors (Lipinski definition) is 7. The molecule has 0 aliphatic carbocycles. The van der Waals surface area contributed by atoms with Crippen LogP contribution in [0.1, 0.15) is 39.8 Å². The molecule has 4 rings (SSSR count). The Kier molecular flexibility index (Phi) is 8.12. The molecule has 0 bridgehead atoms. The summed E-state index contributed by atoms with van der Waals surface area (Å²) < 4.78 is 11.4. The Morgan fingerprint density at radius 3 is 2.72 bits per heavy atom. The van der Waals surface area contributed by atoms with Gasteiger partial charge in [-0.05, 0) is 30.2 Å². The SMILES string of the molecule is CNC(=O)OCCC(OCc1cccc(N2CCN(C)c3nc(C)ncc3C2=O)c1)c1ccccc1. The number of ether oxygens (including phenoxy) is 2. The third-order valence-electron chi connectivity index (χ3n) is 6.05. The Labute approximate surface area is 211 Å². The largest absolute Gasteiger partial charge is 0.449 e. The van der Waals surface area contributed by atoms with Crippen molar-refractivity contribution < 1.29 is 19.1 Å². The van der Waals surface area contributed by atoms with E-state index in [1.807, 2.05) is 73.5 Å². The number of carbonyl (C=O) groups is 2. The van der Waals surface area contributed by atoms with Crippen molar-refractivity contribution in [3.05, 3.63) is 83.3 Å². The molecule has 1 unspecified atom stereocenters. The molecule has 0 radical (unpaired) electrons. The predicted molar refractivity (Wildman–Crippen MR) is 137 cm³/mol. The minimum atomic E-state index is -0.468. The van der Waals surface area contributed by atoms with Gasteiger partial charge in [0.1, 0.15) is 17.2 Å². The van der Waals surface area contributed by atoms with Gasteiger partial charge in [-0.15, -0.1) is 0 Å². The lowest BCUT2D eigenvalue weighted by Crippen LogP contribution is -2.33. The van der Waals surface area contributed by atoms with Crippen LogP contribution in [0.25, 0.3) is 0 Å². The molecule has 1 N–H and O–H groups in total. The zero-order valence-electron chi connectivity index (χ0n) is 20.8. The second kappa shape index (κ2) is 11.6. The van der Waals surface area contributed by atoms with Gasteiger partial charge in [0.25, 0.3) is 5.91 Å². The number of benzene rings is 2. The van der Waals surface area contributed by atoms with E-state index in [-0.39, 0.29) is 18.6 Å². The van der Waals surface area contributed by atoms with Crippen molar-refractivity contribution >= 4 is 23.5 Å². The average molecular weight is 490 g/mol. The zero-order chi connectivity index (χ0) is 25.5. The fraction of sp³-hybridized carbons (Fsp3) is 0.333. The number of fused-ring (bicyclic) bond motifs is 1. The topological polar surface area (TPSA) is 96.9 Å². The first-order valence-corrected chi connectivity index (χ1v) is 11.9. The monoisotopic (exact) mass is 489 g/mol. The minimum absolute atomic E-state index is 0.124. The Hall–Kier alpha value is -3.98. The molecule has 0 spiro atoms. The van der Waals surface area contributed by atoms with Gasteiger partial charge in [0.2, 0.25) is 0 Å². The lowest BCUT2D eigenvalue weighted by atomic mass is 10.1. The molecule has 1 aliphatic heterocycles. The summed E-state index contributed by atoms with van der Waals surface area (Å²) in [5, 5.41) is 2.45. The normalized spacial score (nSPS) is 14.1. The van der Waals surface area contributed by atoms with Crippen molar-refractivity contribution in [2.45, 2.75) is 26.1 Å². The first-order valence-electron chi connectivity index (χ1n) is 11.9. The maximum absolute atomic E-state index is 13.4. The average Bonchev–Trinajstić information content (AvgIpc) is 3.02. The summed E-state index contributed by atoms with van der Waals surface area (Å²) in [7, 11) is 3.46. The van der Waals surface area contributed by atoms with Crippen LogP contribution in [0.4, 0.5) is 16.3 Å². The Balaban J connectivity index is 1.49. The third kappa shape index (κ3) is 5.98. The fourth-order valence-electron chi connectivity index (χ4n) is 4.10. The highest BCUT2D eigenvalue weighted by Crippen LogP contribution is 2.27. The molecule has 1 atom stereocenters. The highest BCUT2D eigenvalue weighted by atomic mass is 16.5. The molecule has 9 nitrogen and oxygen atoms in total. The lowest BCUT2D eigenvalue weighted by molar-refractivity contribution is 0.0199. The van der Waals surface area contributed by atoms with Crippen molar-refractivity contribution in [3.8, 4) is 0 Å². The van der Waals surface area contributed by atoms with E-state index in [0.29, 0.717) is 43.3 Å². The summed E-state index contributed by atoms with van der Waals surface area (Å²) in [6.07, 6.45) is 1.40. The molecule has 2 heterocycles. The number of aryl methyl sites for hydroxylation is 1. The molecule has 9 heteroatoms. The fourth-order valence-corrected chi connectivity index (χ4v) is 4.10. The van der Waals surface area contributed by atoms with Gasteiger partial charge in [-0.1, -0.05) is 42.5 Å². The summed E-state index contributed by atoms with van der Waals surface area (Å²) in [5.74, 6) is 1.16. The van der Waals surface area contributed by atoms with Crippen LogP contribution < -0.4 is 15.1 Å². The Morgan fingerprint density at radius 1 is 1.14 bits per heavy atom. The van der Waals surface area contributed by atoms with E-state index in [9.17, 15) is 9.59 Å². The third-order valence-corrected chi connectivity index (χ3v) is 6.05. The summed E-state index contributed by atoms with van der Waals surface area (Å²) in [6.45, 7) is 3.57. The van der Waals surface area contributed by atoms with E-state index in [0.717, 1.165) is 16.8 Å². The van der Waals surface area contributed by atoms with E-state index >= 15 is 0 Å². The van der Waals surface area contributed by atoms with E-state index in [2.05, 4.69) is 15.3 Å². The van der Waals surface area contributed by atoms with Crippen molar-refractivity contribution in [2.24, 2.45) is 0 Å². The first kappa shape index (κ1) is 25.1.